The minimum absolute atomic E-state index is 0.184. The Balaban J connectivity index is -0.000000886. The number of aliphatic carboxylic acids is 2. The first-order valence-corrected chi connectivity index (χ1v) is 16.7. The maximum absolute atomic E-state index is 12.0. The molecule has 0 saturated carbocycles. The van der Waals surface area contributed by atoms with E-state index < -0.39 is 32.7 Å². The predicted molar refractivity (Wildman–Crippen MR) is 164 cm³/mol. The average molecular weight is 629 g/mol. The molecule has 12 heteroatoms. The van der Waals surface area contributed by atoms with Crippen molar-refractivity contribution in [3.05, 3.63) is 0 Å². The van der Waals surface area contributed by atoms with Crippen LogP contribution in [0.2, 0.25) is 0 Å². The number of quaternary nitrogens is 2. The zero-order chi connectivity index (χ0) is 33.8. The molecule has 3 N–H and O–H groups in total. The number of unbranched alkanes of at least 4 members (excludes halogenated alkanes) is 4. The van der Waals surface area contributed by atoms with Crippen LogP contribution in [0, 0.1) is 17.3 Å². The summed E-state index contributed by atoms with van der Waals surface area (Å²) in [6.07, 6.45) is 5.14. The van der Waals surface area contributed by atoms with Crippen molar-refractivity contribution in [2.75, 3.05) is 68.6 Å². The van der Waals surface area contributed by atoms with Crippen LogP contribution in [-0.4, -0.2) is 118 Å². The first-order valence-electron chi connectivity index (χ1n) is 15.2. The van der Waals surface area contributed by atoms with Crippen LogP contribution in [0.15, 0.2) is 0 Å². The van der Waals surface area contributed by atoms with Gasteiger partial charge in [0.2, 0.25) is 0 Å². The summed E-state index contributed by atoms with van der Waals surface area (Å²) in [4.78, 5) is 23.5. The van der Waals surface area contributed by atoms with Crippen molar-refractivity contribution < 1.29 is 52.0 Å². The fourth-order valence-corrected chi connectivity index (χ4v) is 5.42. The molecule has 0 rings (SSSR count). The van der Waals surface area contributed by atoms with Crippen LogP contribution < -0.4 is 10.2 Å². The minimum Gasteiger partial charge on any atom is -0.549 e. The number of carboxylic acid groups (broad SMARTS) is 2. The zero-order valence-electron chi connectivity index (χ0n) is 28.2. The van der Waals surface area contributed by atoms with Crippen molar-refractivity contribution in [1.82, 2.24) is 0 Å². The molecular formula is C30H64N2O9S. The highest BCUT2D eigenvalue weighted by Crippen LogP contribution is 2.38. The number of hydrogen-bond acceptors (Lipinski definition) is 8. The molecule has 0 aromatic heterocycles. The fourth-order valence-electron chi connectivity index (χ4n) is 4.27. The number of aliphatic hydroxyl groups is 2. The lowest BCUT2D eigenvalue weighted by Gasteiger charge is -2.41. The third-order valence-corrected chi connectivity index (χ3v) is 8.01. The van der Waals surface area contributed by atoms with Gasteiger partial charge in [-0.15, -0.1) is 0 Å². The number of carbonyl (C=O) groups is 2. The van der Waals surface area contributed by atoms with Gasteiger partial charge in [0.1, 0.15) is 18.3 Å². The molecule has 0 saturated heterocycles. The van der Waals surface area contributed by atoms with Crippen molar-refractivity contribution in [3.63, 3.8) is 0 Å². The van der Waals surface area contributed by atoms with Gasteiger partial charge >= 0.3 is 0 Å². The van der Waals surface area contributed by atoms with Crippen LogP contribution in [-0.2, 0) is 19.7 Å². The van der Waals surface area contributed by atoms with Crippen LogP contribution in [0.5, 0.6) is 0 Å². The number of carbonyl (C=O) groups excluding carboxylic acids is 2. The molecule has 0 radical (unpaired) electrons. The lowest BCUT2D eigenvalue weighted by Crippen LogP contribution is -2.59. The van der Waals surface area contributed by atoms with E-state index in [9.17, 15) is 32.8 Å². The predicted octanol–water partition coefficient (Wildman–Crippen LogP) is 1.31. The third-order valence-electron chi connectivity index (χ3n) is 6.77. The summed E-state index contributed by atoms with van der Waals surface area (Å²) in [6, 6.07) is 0. The highest BCUT2D eigenvalue weighted by atomic mass is 32.2. The van der Waals surface area contributed by atoms with Gasteiger partial charge in [0.05, 0.1) is 61.5 Å². The summed E-state index contributed by atoms with van der Waals surface area (Å²) >= 11 is 0. The number of nitrogens with zero attached hydrogens (tertiary/aromatic N) is 2. The van der Waals surface area contributed by atoms with E-state index in [0.29, 0.717) is 37.5 Å². The lowest BCUT2D eigenvalue weighted by molar-refractivity contribution is -0.870. The number of likely N-dealkylation sites (N-methyl/N-ethyl adjacent to an activating group) is 2. The zero-order valence-corrected chi connectivity index (χ0v) is 29.0. The summed E-state index contributed by atoms with van der Waals surface area (Å²) in [5, 5.41) is 37.7. The van der Waals surface area contributed by atoms with E-state index in [4.69, 9.17) is 10.2 Å². The summed E-state index contributed by atoms with van der Waals surface area (Å²) in [5.41, 5.74) is -2.19. The van der Waals surface area contributed by atoms with Crippen molar-refractivity contribution in [2.45, 2.75) is 97.2 Å². The van der Waals surface area contributed by atoms with Gasteiger partial charge in [-0.05, 0) is 24.7 Å². The first-order chi connectivity index (χ1) is 19.0. The number of aliphatic hydroxyl groups excluding tert-OH is 2. The van der Waals surface area contributed by atoms with E-state index in [2.05, 4.69) is 70.0 Å². The topological polar surface area (TPSA) is 175 Å². The molecule has 42 heavy (non-hydrogen) atoms. The lowest BCUT2D eigenvalue weighted by atomic mass is 9.74. The Morgan fingerprint density at radius 2 is 1.02 bits per heavy atom. The molecule has 11 nitrogen and oxygen atoms in total. The van der Waals surface area contributed by atoms with Gasteiger partial charge in [-0.25, -0.2) is 0 Å². The van der Waals surface area contributed by atoms with Crippen LogP contribution >= 0.6 is 0 Å². The van der Waals surface area contributed by atoms with E-state index in [1.54, 1.807) is 0 Å². The van der Waals surface area contributed by atoms with Gasteiger partial charge in [-0.3, -0.25) is 4.55 Å². The SMILES string of the molecule is CC(C)CCCCCC(CCCCCC(C)C)(C(=O)[O-])C(C(=O)[O-])S(=O)(=O)O.C[N+](C)(C)CCO.C[N+](C)(C)CCO. The van der Waals surface area contributed by atoms with E-state index in [0.717, 1.165) is 47.7 Å². The largest absolute Gasteiger partial charge is 0.549 e. The second-order valence-electron chi connectivity index (χ2n) is 14.1. The maximum Gasteiger partial charge on any atom is 0.274 e. The Morgan fingerprint density at radius 1 is 0.690 bits per heavy atom. The molecule has 0 bridgehead atoms. The monoisotopic (exact) mass is 628 g/mol. The van der Waals surface area contributed by atoms with Crippen molar-refractivity contribution >= 4 is 22.1 Å². The fraction of sp³-hybridized carbons (Fsp3) is 0.933. The molecule has 0 aliphatic heterocycles. The van der Waals surface area contributed by atoms with Gasteiger partial charge in [0.25, 0.3) is 10.1 Å². The molecule has 1 atom stereocenters. The first kappa shape index (κ1) is 45.1. The minimum atomic E-state index is -5.16. The van der Waals surface area contributed by atoms with Crippen molar-refractivity contribution in [2.24, 2.45) is 17.3 Å². The molecule has 0 amide bonds. The van der Waals surface area contributed by atoms with Crippen molar-refractivity contribution in [3.8, 4) is 0 Å². The van der Waals surface area contributed by atoms with Gasteiger partial charge in [-0.2, -0.15) is 8.42 Å². The Kier molecular flexibility index (Phi) is 23.9. The van der Waals surface area contributed by atoms with Crippen LogP contribution in [0.4, 0.5) is 0 Å². The normalized spacial score (nSPS) is 13.2. The van der Waals surface area contributed by atoms with Gasteiger partial charge in [-0.1, -0.05) is 79.1 Å². The molecule has 0 aliphatic rings. The van der Waals surface area contributed by atoms with E-state index >= 15 is 0 Å². The molecule has 0 spiro atoms. The average Bonchev–Trinajstić information content (AvgIpc) is 2.75. The summed E-state index contributed by atoms with van der Waals surface area (Å²) < 4.78 is 34.6. The van der Waals surface area contributed by atoms with E-state index in [1.165, 1.54) is 0 Å². The molecule has 0 heterocycles. The third kappa shape index (κ3) is 25.2. The van der Waals surface area contributed by atoms with Crippen molar-refractivity contribution in [1.29, 1.82) is 0 Å². The maximum atomic E-state index is 12.0. The van der Waals surface area contributed by atoms with Gasteiger partial charge in [0, 0.05) is 11.4 Å². The number of carboxylic acids is 2. The number of hydrogen-bond donors (Lipinski definition) is 3. The molecule has 0 aromatic rings. The molecular weight excluding hydrogens is 564 g/mol. The molecule has 0 aromatic carbocycles. The highest BCUT2D eigenvalue weighted by Gasteiger charge is 2.47. The van der Waals surface area contributed by atoms with Gasteiger partial charge in [0.15, 0.2) is 0 Å². The Labute approximate surface area is 256 Å². The molecule has 0 fully saturated rings. The Bertz CT molecular complexity index is 784. The van der Waals surface area contributed by atoms with E-state index in [-0.39, 0.29) is 26.1 Å². The Morgan fingerprint density at radius 3 is 1.19 bits per heavy atom. The summed E-state index contributed by atoms with van der Waals surface area (Å²) in [7, 11) is 7.15. The van der Waals surface area contributed by atoms with Crippen LogP contribution in [0.3, 0.4) is 0 Å². The number of rotatable bonds is 20. The smallest absolute Gasteiger partial charge is 0.274 e. The molecule has 0 aliphatic carbocycles. The summed E-state index contributed by atoms with van der Waals surface area (Å²) in [5.74, 6) is -2.88. The van der Waals surface area contributed by atoms with Gasteiger partial charge < -0.3 is 39.0 Å². The Hall–Kier alpha value is -1.31. The molecule has 1 unspecified atom stereocenters. The van der Waals surface area contributed by atoms with Crippen LogP contribution in [0.1, 0.15) is 91.9 Å². The van der Waals surface area contributed by atoms with E-state index in [1.807, 2.05) is 0 Å². The quantitative estimate of drug-likeness (QED) is 0.102. The standard InChI is InChI=1S/C20H38O7S.2C5H14NO/c1-15(2)11-7-5-9-13-20(19(23)24,14-10-6-8-12-16(3)4)17(18(21)22)28(25,26)27;2*1-6(2,3)4-5-7/h15-17H,5-14H2,1-4H3,(H,21,22)(H,23,24)(H,25,26,27);2*7H,4-5H2,1-3H3/q;2*+1/p-2. The second kappa shape index (κ2) is 22.2. The molecule has 254 valence electrons. The highest BCUT2D eigenvalue weighted by molar-refractivity contribution is 7.87. The summed E-state index contributed by atoms with van der Waals surface area (Å²) in [6.45, 7) is 10.5. The second-order valence-corrected chi connectivity index (χ2v) is 15.6. The van der Waals surface area contributed by atoms with Crippen LogP contribution in [0.25, 0.3) is 0 Å².